The van der Waals surface area contributed by atoms with Crippen molar-refractivity contribution >= 4 is 0 Å². The lowest BCUT2D eigenvalue weighted by Crippen LogP contribution is -2.29. The molecule has 0 aliphatic heterocycles. The fraction of sp³-hybridized carbons (Fsp3) is 0.704. The van der Waals surface area contributed by atoms with Crippen LogP contribution in [0.5, 0.6) is 0 Å². The molecule has 4 atom stereocenters. The highest BCUT2D eigenvalue weighted by Crippen LogP contribution is 2.58. The van der Waals surface area contributed by atoms with E-state index in [0.717, 1.165) is 31.3 Å². The number of hydrogen-bond donors (Lipinski definition) is 3. The second-order valence-electron chi connectivity index (χ2n) is 10.9. The van der Waals surface area contributed by atoms with Crippen LogP contribution in [0.3, 0.4) is 0 Å². The number of rotatable bonds is 5. The van der Waals surface area contributed by atoms with Crippen molar-refractivity contribution in [2.24, 2.45) is 11.3 Å². The summed E-state index contributed by atoms with van der Waals surface area (Å²) in [6, 6.07) is 0. The Morgan fingerprint density at radius 3 is 2.47 bits per heavy atom. The van der Waals surface area contributed by atoms with Gasteiger partial charge in [-0.15, -0.1) is 0 Å². The second-order valence-corrected chi connectivity index (χ2v) is 10.9. The lowest BCUT2D eigenvalue weighted by Gasteiger charge is -2.40. The van der Waals surface area contributed by atoms with E-state index in [0.29, 0.717) is 24.3 Å². The molecule has 0 radical (unpaired) electrons. The lowest BCUT2D eigenvalue weighted by molar-refractivity contribution is 0.0689. The average molecular weight is 415 g/mol. The van der Waals surface area contributed by atoms with Gasteiger partial charge in [-0.25, -0.2) is 0 Å². The van der Waals surface area contributed by atoms with Crippen LogP contribution < -0.4 is 0 Å². The van der Waals surface area contributed by atoms with Gasteiger partial charge in [-0.2, -0.15) is 0 Å². The van der Waals surface area contributed by atoms with Gasteiger partial charge in [0.2, 0.25) is 0 Å². The molecule has 0 heterocycles. The van der Waals surface area contributed by atoms with Crippen LogP contribution >= 0.6 is 0 Å². The Balaban J connectivity index is 1.74. The van der Waals surface area contributed by atoms with E-state index in [1.807, 2.05) is 13.8 Å². The lowest BCUT2D eigenvalue weighted by atomic mass is 9.64. The van der Waals surface area contributed by atoms with E-state index in [2.05, 4.69) is 32.6 Å². The van der Waals surface area contributed by atoms with E-state index in [1.54, 1.807) is 16.7 Å². The monoisotopic (exact) mass is 414 g/mol. The molecule has 3 rings (SSSR count). The van der Waals surface area contributed by atoms with Crippen LogP contribution in [0.1, 0.15) is 91.9 Å². The number of hydrogen-bond acceptors (Lipinski definition) is 3. The van der Waals surface area contributed by atoms with Gasteiger partial charge in [-0.3, -0.25) is 0 Å². The third-order valence-corrected chi connectivity index (χ3v) is 7.91. The van der Waals surface area contributed by atoms with Crippen LogP contribution in [0.25, 0.3) is 0 Å². The molecule has 0 bridgehead atoms. The van der Waals surface area contributed by atoms with E-state index in [4.69, 9.17) is 0 Å². The van der Waals surface area contributed by atoms with Crippen molar-refractivity contribution in [3.63, 3.8) is 0 Å². The van der Waals surface area contributed by atoms with Crippen molar-refractivity contribution in [3.8, 4) is 0 Å². The van der Waals surface area contributed by atoms with Crippen LogP contribution in [-0.2, 0) is 0 Å². The Morgan fingerprint density at radius 1 is 1.17 bits per heavy atom. The van der Waals surface area contributed by atoms with Gasteiger partial charge < -0.3 is 15.3 Å². The molecule has 0 spiro atoms. The number of aliphatic hydroxyl groups excluding tert-OH is 2. The highest BCUT2D eigenvalue weighted by molar-refractivity contribution is 5.35. The van der Waals surface area contributed by atoms with Gasteiger partial charge in [0.15, 0.2) is 0 Å². The van der Waals surface area contributed by atoms with Gasteiger partial charge in [0.05, 0.1) is 17.8 Å². The zero-order valence-electron chi connectivity index (χ0n) is 19.5. The Bertz CT molecular complexity index is 733. The summed E-state index contributed by atoms with van der Waals surface area (Å²) < 4.78 is 0. The average Bonchev–Trinajstić information content (AvgIpc) is 3.00. The van der Waals surface area contributed by atoms with Crippen LogP contribution in [0.2, 0.25) is 0 Å². The van der Waals surface area contributed by atoms with Gasteiger partial charge in [0, 0.05) is 0 Å². The molecule has 30 heavy (non-hydrogen) atoms. The van der Waals surface area contributed by atoms with Crippen LogP contribution in [0.4, 0.5) is 0 Å². The quantitative estimate of drug-likeness (QED) is 0.501. The van der Waals surface area contributed by atoms with Crippen molar-refractivity contribution in [2.45, 2.75) is 110 Å². The normalized spacial score (nSPS) is 37.0. The Labute approximate surface area is 183 Å². The number of fused-ring (bicyclic) bond motifs is 1. The summed E-state index contributed by atoms with van der Waals surface area (Å²) in [6.45, 7) is 12.4. The molecule has 3 aliphatic carbocycles. The largest absolute Gasteiger partial charge is 0.390 e. The standard InChI is InChI=1S/C27H42O3/c1-18(8-6-14-26(3,4)30)22-12-13-23-21(9-7-15-27(22,23)5)11-10-20-16-24(28)19(2)25(29)17-20/h10-11,23-25,28-30H,2,6-9,12-17H2,1,3-5H3/b20-10?,21-11+,22-18+/t23?,24-,25?,27?/m1/s1. The molecule has 0 amide bonds. The predicted octanol–water partition coefficient (Wildman–Crippen LogP) is 5.77. The molecule has 3 fully saturated rings. The summed E-state index contributed by atoms with van der Waals surface area (Å²) in [5.41, 5.74) is 6.12. The Hall–Kier alpha value is -1.16. The van der Waals surface area contributed by atoms with Gasteiger partial charge in [0.25, 0.3) is 0 Å². The minimum absolute atomic E-state index is 0.265. The van der Waals surface area contributed by atoms with E-state index in [-0.39, 0.29) is 5.41 Å². The van der Waals surface area contributed by atoms with Gasteiger partial charge in [0.1, 0.15) is 0 Å². The fourth-order valence-corrected chi connectivity index (χ4v) is 6.12. The van der Waals surface area contributed by atoms with Crippen molar-refractivity contribution < 1.29 is 15.3 Å². The summed E-state index contributed by atoms with van der Waals surface area (Å²) in [7, 11) is 0. The topological polar surface area (TPSA) is 60.7 Å². The highest BCUT2D eigenvalue weighted by atomic mass is 16.3. The molecule has 0 aromatic heterocycles. The van der Waals surface area contributed by atoms with Gasteiger partial charge >= 0.3 is 0 Å². The molecule has 0 saturated heterocycles. The maximum absolute atomic E-state index is 10.1. The van der Waals surface area contributed by atoms with Crippen LogP contribution in [-0.4, -0.2) is 33.1 Å². The second kappa shape index (κ2) is 9.14. The molecule has 3 nitrogen and oxygen atoms in total. The maximum atomic E-state index is 10.1. The minimum Gasteiger partial charge on any atom is -0.390 e. The predicted molar refractivity (Wildman–Crippen MR) is 124 cm³/mol. The first-order valence-electron chi connectivity index (χ1n) is 11.9. The maximum Gasteiger partial charge on any atom is 0.0809 e. The zero-order chi connectivity index (χ0) is 22.1. The van der Waals surface area contributed by atoms with Crippen molar-refractivity contribution in [3.05, 3.63) is 46.6 Å². The van der Waals surface area contributed by atoms with Gasteiger partial charge in [-0.05, 0) is 102 Å². The van der Waals surface area contributed by atoms with Crippen LogP contribution in [0.15, 0.2) is 46.6 Å². The van der Waals surface area contributed by atoms with Crippen molar-refractivity contribution in [1.82, 2.24) is 0 Å². The van der Waals surface area contributed by atoms with Crippen LogP contribution in [0, 0.1) is 11.3 Å². The summed E-state index contributed by atoms with van der Waals surface area (Å²) >= 11 is 0. The van der Waals surface area contributed by atoms with Crippen molar-refractivity contribution in [2.75, 3.05) is 0 Å². The van der Waals surface area contributed by atoms with E-state index in [9.17, 15) is 15.3 Å². The molecule has 3 heteroatoms. The zero-order valence-corrected chi connectivity index (χ0v) is 19.5. The number of allylic oxidation sites excluding steroid dienone is 5. The fourth-order valence-electron chi connectivity index (χ4n) is 6.12. The first-order chi connectivity index (χ1) is 14.0. The molecule has 3 aliphatic rings. The molecule has 0 aromatic carbocycles. The molecule has 3 unspecified atom stereocenters. The van der Waals surface area contributed by atoms with E-state index >= 15 is 0 Å². The smallest absolute Gasteiger partial charge is 0.0809 e. The van der Waals surface area contributed by atoms with E-state index < -0.39 is 17.8 Å². The summed E-state index contributed by atoms with van der Waals surface area (Å²) in [5, 5.41) is 30.3. The molecular formula is C27H42O3. The number of aliphatic hydroxyl groups is 3. The van der Waals surface area contributed by atoms with Gasteiger partial charge in [-0.1, -0.05) is 47.9 Å². The molecule has 168 valence electrons. The molecular weight excluding hydrogens is 372 g/mol. The third-order valence-electron chi connectivity index (χ3n) is 7.91. The molecule has 3 N–H and O–H groups in total. The first kappa shape index (κ1) is 23.5. The molecule has 3 saturated carbocycles. The Morgan fingerprint density at radius 2 is 1.83 bits per heavy atom. The third kappa shape index (κ3) is 5.18. The summed E-state index contributed by atoms with van der Waals surface area (Å²) in [4.78, 5) is 0. The molecule has 0 aromatic rings. The summed E-state index contributed by atoms with van der Waals surface area (Å²) in [6.07, 6.45) is 13.5. The SMILES string of the molecule is C=C1C(O)CC(=C/C=C2\CCCC3(C)/C(=C(\C)CCCC(C)(C)O)CCC23)C[C@H]1O. The van der Waals surface area contributed by atoms with E-state index in [1.165, 1.54) is 25.7 Å². The minimum atomic E-state index is -0.623. The Kier molecular flexibility index (Phi) is 7.16. The van der Waals surface area contributed by atoms with Crippen molar-refractivity contribution in [1.29, 1.82) is 0 Å². The first-order valence-corrected chi connectivity index (χ1v) is 11.9. The highest BCUT2D eigenvalue weighted by Gasteiger charge is 2.46. The summed E-state index contributed by atoms with van der Waals surface area (Å²) in [5.74, 6) is 0.607.